The van der Waals surface area contributed by atoms with Gasteiger partial charge in [0.05, 0.1) is 24.7 Å². The minimum atomic E-state index is -5.82. The molecule has 9 rings (SSSR count). The molecule has 3 saturated carbocycles. The van der Waals surface area contributed by atoms with E-state index in [1.165, 1.54) is 60.1 Å². The van der Waals surface area contributed by atoms with Crippen molar-refractivity contribution in [3.05, 3.63) is 149 Å². The Hall–Kier alpha value is -3.51. The monoisotopic (exact) mass is 1380 g/mol. The standard InChI is InChI=1S/C18H23NO2.C16H18F3NO5S.C16H20N2O.C3H6ClNO.C3H5.BrH.Cu.HI.Mg/c1-18(2,3)21-17(20)19-12-15(13-9-10-13)11-16(19)14-7-5-4-6-8-14;1-15(2,3)24-14(21)20-10-12(25-26(22,23)16(17,18)19)9-13(20)11-7-5-4-6-8-11;1-17(2)16(19)18-11-14(12-8-9-12)10-15(18)13-6-4-3-5-7-13;1-5(2)3(4)6;1-2-3-1;;;;/h4-8,11,13,16H,9-10,12H2,1-3H3;4-9,13H,10H2,1-3H3;3-7,10,12,15H,8-9,11H2,1-2H3;1-2H3;1H,2-3H2;1H;;1H;/q;;;;-1;;+1;;+2/p-2/t16-;13-;15-;;;;;;/m000....../s1. The molecule has 23 heteroatoms. The summed E-state index contributed by atoms with van der Waals surface area (Å²) in [6.07, 6.45) is 14.8. The summed E-state index contributed by atoms with van der Waals surface area (Å²) in [5.74, 6) is 0.914. The third-order valence-corrected chi connectivity index (χ3v) is 13.1. The van der Waals surface area contributed by atoms with Crippen LogP contribution in [-0.4, -0.2) is 144 Å². The maximum absolute atomic E-state index is 12.5. The first-order chi connectivity index (χ1) is 36.0. The fraction of sp³-hybridized carbons (Fsp3) is 0.482. The van der Waals surface area contributed by atoms with E-state index < -0.39 is 56.6 Å². The normalized spacial score (nSPS) is 18.9. The number of rotatable bonds is 7. The van der Waals surface area contributed by atoms with Crippen molar-refractivity contribution in [3.63, 3.8) is 0 Å². The van der Waals surface area contributed by atoms with E-state index in [1.807, 2.05) is 81.1 Å². The Morgan fingerprint density at radius 3 is 1.22 bits per heavy atom. The quantitative estimate of drug-likeness (QED) is 0.0330. The molecular formula is C56H72BrClCuF3IMgN5O9S. The maximum atomic E-state index is 12.5. The average Bonchev–Trinajstić information content (AvgIpc) is 4.31. The van der Waals surface area contributed by atoms with Gasteiger partial charge in [0.15, 0.2) is 0 Å². The summed E-state index contributed by atoms with van der Waals surface area (Å²) in [6, 6.07) is 28.3. The number of urea groups is 1. The predicted octanol–water partition coefficient (Wildman–Crippen LogP) is 10.5. The predicted molar refractivity (Wildman–Crippen MR) is 303 cm³/mol. The minimum absolute atomic E-state index is 0. The molecule has 3 aromatic carbocycles. The van der Waals surface area contributed by atoms with Gasteiger partial charge in [-0.15, -0.1) is 0 Å². The van der Waals surface area contributed by atoms with Gasteiger partial charge in [-0.1, -0.05) is 103 Å². The smallest absolute Gasteiger partial charge is 2.00 e. The summed E-state index contributed by atoms with van der Waals surface area (Å²) in [7, 11) is 1.00. The Bertz CT molecular complexity index is 2640. The van der Waals surface area contributed by atoms with Gasteiger partial charge in [0.2, 0.25) is 0 Å². The molecule has 5 amide bonds. The molecule has 3 atom stereocenters. The number of carbonyl (C=O) groups excluding carboxylic acids is 4. The third-order valence-electron chi connectivity index (χ3n) is 11.8. The number of alkyl halides is 3. The van der Waals surface area contributed by atoms with Crippen molar-refractivity contribution in [3.8, 4) is 0 Å². The molecule has 79 heavy (non-hydrogen) atoms. The number of ether oxygens (including phenoxy) is 2. The van der Waals surface area contributed by atoms with Crippen LogP contribution < -0.4 is 17.0 Å². The zero-order valence-corrected chi connectivity index (χ0v) is 54.0. The molecule has 0 aromatic heterocycles. The largest absolute Gasteiger partial charge is 2.00 e. The molecule has 3 fully saturated rings. The first kappa shape index (κ1) is 71.6. The second kappa shape index (κ2) is 32.4. The Kier molecular flexibility index (Phi) is 29.3. The number of halogens is 6. The number of carbonyl (C=O) groups is 4. The summed E-state index contributed by atoms with van der Waals surface area (Å²) in [5, 5.41) is -0.435. The van der Waals surface area contributed by atoms with Crippen LogP contribution in [0, 0.1) is 18.3 Å². The molecule has 0 unspecified atom stereocenters. The molecule has 0 saturated heterocycles. The molecule has 0 spiro atoms. The molecule has 0 radical (unpaired) electrons. The van der Waals surface area contributed by atoms with E-state index in [4.69, 9.17) is 21.1 Å². The van der Waals surface area contributed by atoms with E-state index in [-0.39, 0.29) is 64.2 Å². The van der Waals surface area contributed by atoms with Gasteiger partial charge in [-0.25, -0.2) is 27.2 Å². The van der Waals surface area contributed by atoms with E-state index in [9.17, 15) is 40.8 Å². The fourth-order valence-electron chi connectivity index (χ4n) is 7.77. The van der Waals surface area contributed by atoms with Gasteiger partial charge in [-0.05, 0) is 125 Å². The summed E-state index contributed by atoms with van der Waals surface area (Å²) in [4.78, 5) is 55.0. The molecule has 0 bridgehead atoms. The first-order valence-electron chi connectivity index (χ1n) is 25.1. The van der Waals surface area contributed by atoms with Gasteiger partial charge in [-0.3, -0.25) is 14.6 Å². The van der Waals surface area contributed by atoms with Crippen LogP contribution in [0.1, 0.15) is 115 Å². The second-order valence-electron chi connectivity index (χ2n) is 21.2. The van der Waals surface area contributed by atoms with E-state index in [0.717, 1.165) is 29.0 Å². The molecule has 3 heterocycles. The summed E-state index contributed by atoms with van der Waals surface area (Å²) < 4.78 is 75.1. The first-order valence-corrected chi connectivity index (χ1v) is 29.9. The summed E-state index contributed by atoms with van der Waals surface area (Å²) in [6.45, 7) is 11.7. The molecular weight excluding hydrogens is 1310 g/mol. The van der Waals surface area contributed by atoms with Crippen LogP contribution in [0.15, 0.2) is 126 Å². The molecule has 0 N–H and O–H groups in total. The van der Waals surface area contributed by atoms with Crippen LogP contribution in [0.5, 0.6) is 0 Å². The fourth-order valence-corrected chi connectivity index (χ4v) is 8.25. The number of benzene rings is 3. The van der Waals surface area contributed by atoms with E-state index in [1.54, 1.807) is 90.4 Å². The second-order valence-corrected chi connectivity index (χ2v) is 23.1. The Morgan fingerprint density at radius 1 is 0.608 bits per heavy atom. The van der Waals surface area contributed by atoms with E-state index >= 15 is 0 Å². The zero-order chi connectivity index (χ0) is 57.5. The molecule has 3 aromatic rings. The zero-order valence-electron chi connectivity index (χ0n) is 46.3. The Labute approximate surface area is 516 Å². The number of hydrogen-bond acceptors (Lipinski definition) is 9. The van der Waals surface area contributed by atoms with Crippen molar-refractivity contribution in [2.75, 3.05) is 47.8 Å². The van der Waals surface area contributed by atoms with Crippen molar-refractivity contribution < 1.29 is 84.2 Å². The van der Waals surface area contributed by atoms with Gasteiger partial charge in [0.1, 0.15) is 17.0 Å². The molecule has 3 aliphatic carbocycles. The SMILES string of the molecule is CC(C)(C)OC(=O)N1CC(C2CC2)=C[C@H]1c1ccccc1.CC(C)(C)OC(=O)N1CC(OS(=O)(=O)C(F)(F)F)=C[C@H]1c1ccccc1.CN(C)C(=O)Cl.CN(C)C(=O)N1CC(C2CC2)=C[C@H]1c1ccccc1.[Br-].[CH-]1CC1.[Cu][I].[Mg+2]. The third kappa shape index (κ3) is 24.1. The van der Waals surface area contributed by atoms with Crippen molar-refractivity contribution >= 4 is 88.7 Å². The molecule has 14 nitrogen and oxygen atoms in total. The van der Waals surface area contributed by atoms with Crippen molar-refractivity contribution in [1.29, 1.82) is 0 Å². The van der Waals surface area contributed by atoms with Crippen LogP contribution in [-0.2, 0) is 36.5 Å². The van der Waals surface area contributed by atoms with Crippen LogP contribution >= 0.6 is 31.9 Å². The van der Waals surface area contributed by atoms with Crippen molar-refractivity contribution in [1.82, 2.24) is 24.5 Å². The van der Waals surface area contributed by atoms with E-state index in [0.29, 0.717) is 18.0 Å². The topological polar surface area (TPSA) is 146 Å². The molecule has 3 aliphatic heterocycles. The Balaban J connectivity index is 0.000000367. The van der Waals surface area contributed by atoms with Crippen molar-refractivity contribution in [2.45, 2.75) is 115 Å². The summed E-state index contributed by atoms with van der Waals surface area (Å²) in [5.41, 5.74) is -1.08. The summed E-state index contributed by atoms with van der Waals surface area (Å²) >= 11 is 10.8. The number of amides is 5. The number of hydrogen-bond donors (Lipinski definition) is 0. The van der Waals surface area contributed by atoms with Crippen LogP contribution in [0.4, 0.5) is 32.3 Å². The van der Waals surface area contributed by atoms with Crippen LogP contribution in [0.3, 0.4) is 0 Å². The number of nitrogens with zero attached hydrogens (tertiary/aromatic N) is 5. The van der Waals surface area contributed by atoms with Crippen LogP contribution in [0.25, 0.3) is 0 Å². The van der Waals surface area contributed by atoms with Crippen molar-refractivity contribution in [2.24, 2.45) is 11.8 Å². The van der Waals surface area contributed by atoms with E-state index in [2.05, 4.69) is 59.8 Å². The van der Waals surface area contributed by atoms with Gasteiger partial charge < -0.3 is 51.8 Å². The molecule has 436 valence electrons. The average molecular weight is 1380 g/mol. The van der Waals surface area contributed by atoms with Gasteiger partial charge in [0.25, 0.3) is 0 Å². The Morgan fingerprint density at radius 2 is 0.924 bits per heavy atom. The molecule has 6 aliphatic rings. The maximum Gasteiger partial charge on any atom is 2.00 e. The minimum Gasteiger partial charge on any atom is 2.00 e. The van der Waals surface area contributed by atoms with Gasteiger partial charge >= 0.3 is 95.4 Å². The van der Waals surface area contributed by atoms with Crippen LogP contribution in [0.2, 0.25) is 0 Å². The van der Waals surface area contributed by atoms with Gasteiger partial charge in [-0.2, -0.15) is 21.6 Å². The van der Waals surface area contributed by atoms with Gasteiger partial charge in [0, 0.05) is 41.3 Å².